The molecule has 1 unspecified atom stereocenters. The van der Waals surface area contributed by atoms with Gasteiger partial charge in [0, 0.05) is 12.1 Å². The van der Waals surface area contributed by atoms with Gasteiger partial charge in [-0.25, -0.2) is 17.1 Å². The molecule has 1 atom stereocenters. The van der Waals surface area contributed by atoms with Crippen molar-refractivity contribution in [1.29, 1.82) is 0 Å². The number of anilines is 1. The Hall–Kier alpha value is -2.74. The molecule has 2 aromatic carbocycles. The van der Waals surface area contributed by atoms with Gasteiger partial charge in [0.05, 0.1) is 4.90 Å². The fraction of sp³-hybridized carbons (Fsp3) is 0.263. The Kier molecular flexibility index (Phi) is 5.27. The van der Waals surface area contributed by atoms with E-state index in [0.717, 1.165) is 29.8 Å². The van der Waals surface area contributed by atoms with E-state index in [1.165, 1.54) is 0 Å². The Morgan fingerprint density at radius 3 is 2.52 bits per heavy atom. The SMILES string of the molecule is CCc1ccccc1NC(=O)C1CCC(=O)N1S(=O)(=O)c1ccc(F)cc1. The predicted octanol–water partition coefficient (Wildman–Crippen LogP) is 2.71. The highest BCUT2D eigenvalue weighted by molar-refractivity contribution is 7.89. The van der Waals surface area contributed by atoms with Crippen molar-refractivity contribution < 1.29 is 22.4 Å². The first-order valence-corrected chi connectivity index (χ1v) is 10.00. The van der Waals surface area contributed by atoms with Gasteiger partial charge in [-0.3, -0.25) is 9.59 Å². The number of carbonyl (C=O) groups is 2. The minimum absolute atomic E-state index is 0.0477. The third kappa shape index (κ3) is 3.71. The largest absolute Gasteiger partial charge is 0.324 e. The molecule has 1 fully saturated rings. The zero-order valence-electron chi connectivity index (χ0n) is 14.7. The topological polar surface area (TPSA) is 83.6 Å². The number of para-hydroxylation sites is 1. The molecule has 1 saturated heterocycles. The number of nitrogens with zero attached hydrogens (tertiary/aromatic N) is 1. The van der Waals surface area contributed by atoms with E-state index in [4.69, 9.17) is 0 Å². The van der Waals surface area contributed by atoms with Crippen LogP contribution in [0.3, 0.4) is 0 Å². The van der Waals surface area contributed by atoms with Crippen molar-refractivity contribution in [2.24, 2.45) is 0 Å². The molecular weight excluding hydrogens is 371 g/mol. The van der Waals surface area contributed by atoms with E-state index in [9.17, 15) is 22.4 Å². The van der Waals surface area contributed by atoms with Crippen LogP contribution >= 0.6 is 0 Å². The highest BCUT2D eigenvalue weighted by Crippen LogP contribution is 2.28. The van der Waals surface area contributed by atoms with E-state index in [2.05, 4.69) is 5.32 Å². The molecule has 0 aromatic heterocycles. The zero-order chi connectivity index (χ0) is 19.6. The summed E-state index contributed by atoms with van der Waals surface area (Å²) in [4.78, 5) is 24.8. The number of sulfonamides is 1. The molecule has 1 aliphatic heterocycles. The average Bonchev–Trinajstić information content (AvgIpc) is 3.05. The smallest absolute Gasteiger partial charge is 0.267 e. The van der Waals surface area contributed by atoms with Crippen LogP contribution in [-0.4, -0.2) is 30.6 Å². The highest BCUT2D eigenvalue weighted by Gasteiger charge is 2.44. The number of aryl methyl sites for hydroxylation is 1. The van der Waals surface area contributed by atoms with Crippen molar-refractivity contribution in [3.63, 3.8) is 0 Å². The number of nitrogens with one attached hydrogen (secondary N) is 1. The normalized spacial score (nSPS) is 17.2. The van der Waals surface area contributed by atoms with Crippen LogP contribution in [0.4, 0.5) is 10.1 Å². The van der Waals surface area contributed by atoms with E-state index in [1.54, 1.807) is 12.1 Å². The summed E-state index contributed by atoms with van der Waals surface area (Å²) in [5.41, 5.74) is 1.49. The molecule has 2 amide bonds. The van der Waals surface area contributed by atoms with Crippen molar-refractivity contribution in [2.75, 3.05) is 5.32 Å². The van der Waals surface area contributed by atoms with Gasteiger partial charge in [0.2, 0.25) is 11.8 Å². The van der Waals surface area contributed by atoms with Gasteiger partial charge in [0.25, 0.3) is 10.0 Å². The number of amides is 2. The van der Waals surface area contributed by atoms with Gasteiger partial charge in [0.1, 0.15) is 11.9 Å². The molecule has 0 aliphatic carbocycles. The number of rotatable bonds is 5. The summed E-state index contributed by atoms with van der Waals surface area (Å²) in [5, 5.41) is 2.73. The van der Waals surface area contributed by atoms with Crippen LogP contribution < -0.4 is 5.32 Å². The standard InChI is InChI=1S/C19H19FN2O4S/c1-2-13-5-3-4-6-16(13)21-19(24)17-11-12-18(23)22(17)27(25,26)15-9-7-14(20)8-10-15/h3-10,17H,2,11-12H2,1H3,(H,21,24). The lowest BCUT2D eigenvalue weighted by molar-refractivity contribution is -0.128. The quantitative estimate of drug-likeness (QED) is 0.851. The van der Waals surface area contributed by atoms with Crippen LogP contribution in [0, 0.1) is 5.82 Å². The molecule has 142 valence electrons. The van der Waals surface area contributed by atoms with Crippen molar-refractivity contribution in [3.05, 3.63) is 59.9 Å². The Morgan fingerprint density at radius 1 is 1.19 bits per heavy atom. The van der Waals surface area contributed by atoms with Crippen molar-refractivity contribution >= 4 is 27.5 Å². The van der Waals surface area contributed by atoms with Gasteiger partial charge < -0.3 is 5.32 Å². The van der Waals surface area contributed by atoms with E-state index in [1.807, 2.05) is 19.1 Å². The van der Waals surface area contributed by atoms with Gasteiger partial charge in [-0.15, -0.1) is 0 Å². The van der Waals surface area contributed by atoms with Gasteiger partial charge in [-0.05, 0) is 48.7 Å². The summed E-state index contributed by atoms with van der Waals surface area (Å²) < 4.78 is 39.4. The summed E-state index contributed by atoms with van der Waals surface area (Å²) in [6.45, 7) is 1.94. The van der Waals surface area contributed by atoms with E-state index < -0.39 is 33.7 Å². The number of hydrogen-bond acceptors (Lipinski definition) is 4. The summed E-state index contributed by atoms with van der Waals surface area (Å²) in [6, 6.07) is 10.2. The second kappa shape index (κ2) is 7.48. The Balaban J connectivity index is 1.89. The molecule has 8 heteroatoms. The molecule has 1 N–H and O–H groups in total. The van der Waals surface area contributed by atoms with Crippen molar-refractivity contribution in [2.45, 2.75) is 37.1 Å². The maximum Gasteiger partial charge on any atom is 0.267 e. The molecular formula is C19H19FN2O4S. The fourth-order valence-corrected chi connectivity index (χ4v) is 4.69. The minimum atomic E-state index is -4.25. The highest BCUT2D eigenvalue weighted by atomic mass is 32.2. The third-order valence-corrected chi connectivity index (χ3v) is 6.33. The predicted molar refractivity (Wildman–Crippen MR) is 97.9 cm³/mol. The summed E-state index contributed by atoms with van der Waals surface area (Å²) in [5.74, 6) is -1.80. The minimum Gasteiger partial charge on any atom is -0.324 e. The van der Waals surface area contributed by atoms with Crippen molar-refractivity contribution in [3.8, 4) is 0 Å². The van der Waals surface area contributed by atoms with E-state index in [-0.39, 0.29) is 17.7 Å². The summed E-state index contributed by atoms with van der Waals surface area (Å²) in [6.07, 6.45) is 0.741. The van der Waals surface area contributed by atoms with Gasteiger partial charge >= 0.3 is 0 Å². The van der Waals surface area contributed by atoms with Crippen LogP contribution in [0.2, 0.25) is 0 Å². The first-order valence-electron chi connectivity index (χ1n) is 8.56. The second-order valence-corrected chi connectivity index (χ2v) is 8.02. The molecule has 2 aromatic rings. The molecule has 3 rings (SSSR count). The van der Waals surface area contributed by atoms with E-state index >= 15 is 0 Å². The second-order valence-electron chi connectivity index (χ2n) is 6.20. The molecule has 1 heterocycles. The fourth-order valence-electron chi connectivity index (χ4n) is 3.09. The molecule has 6 nitrogen and oxygen atoms in total. The van der Waals surface area contributed by atoms with Crippen LogP contribution in [0.15, 0.2) is 53.4 Å². The van der Waals surface area contributed by atoms with Crippen molar-refractivity contribution in [1.82, 2.24) is 4.31 Å². The molecule has 27 heavy (non-hydrogen) atoms. The molecule has 0 spiro atoms. The Morgan fingerprint density at radius 2 is 1.85 bits per heavy atom. The molecule has 1 aliphatic rings. The lowest BCUT2D eigenvalue weighted by Gasteiger charge is -2.24. The number of halogens is 1. The average molecular weight is 390 g/mol. The third-order valence-electron chi connectivity index (χ3n) is 4.49. The summed E-state index contributed by atoms with van der Waals surface area (Å²) >= 11 is 0. The Bertz CT molecular complexity index is 973. The Labute approximate surface area is 157 Å². The number of benzene rings is 2. The first-order chi connectivity index (χ1) is 12.8. The van der Waals surface area contributed by atoms with Crippen LogP contribution in [0.25, 0.3) is 0 Å². The lowest BCUT2D eigenvalue weighted by atomic mass is 10.1. The molecule has 0 bridgehead atoms. The number of hydrogen-bond donors (Lipinski definition) is 1. The van der Waals surface area contributed by atoms with Gasteiger partial charge in [-0.2, -0.15) is 0 Å². The van der Waals surface area contributed by atoms with Crippen LogP contribution in [0.5, 0.6) is 0 Å². The van der Waals surface area contributed by atoms with Crippen LogP contribution in [-0.2, 0) is 26.0 Å². The molecule has 0 saturated carbocycles. The molecule has 0 radical (unpaired) electrons. The van der Waals surface area contributed by atoms with Crippen LogP contribution in [0.1, 0.15) is 25.3 Å². The maximum atomic E-state index is 13.1. The summed E-state index contributed by atoms with van der Waals surface area (Å²) in [7, 11) is -4.25. The van der Waals surface area contributed by atoms with E-state index in [0.29, 0.717) is 16.4 Å². The zero-order valence-corrected chi connectivity index (χ0v) is 15.5. The maximum absolute atomic E-state index is 13.1. The van der Waals surface area contributed by atoms with Gasteiger partial charge in [0.15, 0.2) is 0 Å². The van der Waals surface area contributed by atoms with Gasteiger partial charge in [-0.1, -0.05) is 25.1 Å². The monoisotopic (exact) mass is 390 g/mol. The lowest BCUT2D eigenvalue weighted by Crippen LogP contribution is -2.45. The number of carbonyl (C=O) groups excluding carboxylic acids is 2. The first kappa shape index (κ1) is 19.0.